The number of rotatable bonds is 5. The second-order valence-corrected chi connectivity index (χ2v) is 7.59. The van der Waals surface area contributed by atoms with Gasteiger partial charge in [0.05, 0.1) is 24.4 Å². The highest BCUT2D eigenvalue weighted by Gasteiger charge is 2.28. The summed E-state index contributed by atoms with van der Waals surface area (Å²) in [6.45, 7) is 6.97. The first-order chi connectivity index (χ1) is 14.0. The van der Waals surface area contributed by atoms with Crippen LogP contribution in [-0.4, -0.2) is 55.0 Å². The van der Waals surface area contributed by atoms with Crippen LogP contribution in [0.1, 0.15) is 39.1 Å². The number of aliphatic hydroxyl groups excluding tert-OH is 1. The highest BCUT2D eigenvalue weighted by Crippen LogP contribution is 2.25. The summed E-state index contributed by atoms with van der Waals surface area (Å²) >= 11 is 0. The summed E-state index contributed by atoms with van der Waals surface area (Å²) in [6.07, 6.45) is 2.40. The van der Waals surface area contributed by atoms with Crippen molar-refractivity contribution in [3.8, 4) is 0 Å². The average Bonchev–Trinajstić information content (AvgIpc) is 3.08. The molecule has 0 aliphatic carbocycles. The second kappa shape index (κ2) is 7.90. The molecule has 3 aromatic rings. The smallest absolute Gasteiger partial charge is 0.227 e. The van der Waals surface area contributed by atoms with Gasteiger partial charge in [-0.3, -0.25) is 0 Å². The number of fused-ring (bicyclic) bond motifs is 1. The highest BCUT2D eigenvalue weighted by atomic mass is 19.1. The molecular weight excluding hydrogens is 373 g/mol. The first-order valence-electron chi connectivity index (χ1n) is 10.00. The van der Waals surface area contributed by atoms with Gasteiger partial charge in [-0.05, 0) is 26.3 Å². The lowest BCUT2D eigenvalue weighted by Gasteiger charge is -2.32. The lowest BCUT2D eigenvalue weighted by atomic mass is 10.1. The van der Waals surface area contributed by atoms with Crippen LogP contribution in [0, 0.1) is 0 Å². The molecule has 0 saturated carbocycles. The van der Waals surface area contributed by atoms with E-state index in [1.54, 1.807) is 23.4 Å². The largest absolute Gasteiger partial charge is 0.390 e. The van der Waals surface area contributed by atoms with Gasteiger partial charge in [-0.25, -0.2) is 19.3 Å². The zero-order chi connectivity index (χ0) is 20.5. The number of aryl methyl sites for hydroxylation is 1. The van der Waals surface area contributed by atoms with Crippen LogP contribution < -0.4 is 10.2 Å². The number of hydrogen-bond donors (Lipinski definition) is 2. The number of imidazole rings is 1. The number of aromatic nitrogens is 5. The zero-order valence-corrected chi connectivity index (χ0v) is 16.9. The Morgan fingerprint density at radius 3 is 2.83 bits per heavy atom. The summed E-state index contributed by atoms with van der Waals surface area (Å²) in [7, 11) is 0. The van der Waals surface area contributed by atoms with Crippen LogP contribution in [0.2, 0.25) is 0 Å². The molecule has 0 bridgehead atoms. The fraction of sp³-hybridized carbons (Fsp3) is 0.500. The number of nitrogens with zero attached hydrogens (tertiary/aromatic N) is 6. The van der Waals surface area contributed by atoms with Crippen LogP contribution in [0.4, 0.5) is 22.0 Å². The third-order valence-electron chi connectivity index (χ3n) is 5.17. The third-order valence-corrected chi connectivity index (χ3v) is 5.17. The number of halogens is 1. The Morgan fingerprint density at radius 1 is 1.28 bits per heavy atom. The fourth-order valence-electron chi connectivity index (χ4n) is 3.72. The Kier molecular flexibility index (Phi) is 5.31. The van der Waals surface area contributed by atoms with Crippen LogP contribution >= 0.6 is 0 Å². The van der Waals surface area contributed by atoms with Crippen molar-refractivity contribution in [1.82, 2.24) is 24.5 Å². The Labute approximate surface area is 168 Å². The van der Waals surface area contributed by atoms with Gasteiger partial charge in [-0.15, -0.1) is 0 Å². The van der Waals surface area contributed by atoms with Gasteiger partial charge in [-0.1, -0.05) is 6.92 Å². The van der Waals surface area contributed by atoms with E-state index in [0.717, 1.165) is 23.3 Å². The summed E-state index contributed by atoms with van der Waals surface area (Å²) in [4.78, 5) is 19.6. The third kappa shape index (κ3) is 3.87. The van der Waals surface area contributed by atoms with Crippen molar-refractivity contribution >= 4 is 28.6 Å². The molecule has 8 nitrogen and oxygen atoms in total. The molecule has 0 unspecified atom stereocenters. The molecule has 2 N–H and O–H groups in total. The van der Waals surface area contributed by atoms with E-state index in [0.29, 0.717) is 36.6 Å². The highest BCUT2D eigenvalue weighted by molar-refractivity contribution is 5.79. The van der Waals surface area contributed by atoms with Gasteiger partial charge in [0, 0.05) is 31.3 Å². The lowest BCUT2D eigenvalue weighted by molar-refractivity contribution is 0.0612. The van der Waals surface area contributed by atoms with Crippen molar-refractivity contribution in [3.63, 3.8) is 0 Å². The van der Waals surface area contributed by atoms with E-state index < -0.39 is 12.3 Å². The van der Waals surface area contributed by atoms with Crippen molar-refractivity contribution < 1.29 is 9.50 Å². The topological polar surface area (TPSA) is 92.0 Å². The van der Waals surface area contributed by atoms with Gasteiger partial charge in [0.15, 0.2) is 0 Å². The van der Waals surface area contributed by atoms with Crippen LogP contribution in [0.5, 0.6) is 0 Å². The maximum absolute atomic E-state index is 13.9. The summed E-state index contributed by atoms with van der Waals surface area (Å²) in [6, 6.07) is 4.01. The van der Waals surface area contributed by atoms with Gasteiger partial charge in [0.2, 0.25) is 5.95 Å². The minimum absolute atomic E-state index is 0.0855. The molecule has 3 aromatic heterocycles. The van der Waals surface area contributed by atoms with Crippen molar-refractivity contribution in [1.29, 1.82) is 0 Å². The number of pyridine rings is 1. The van der Waals surface area contributed by atoms with E-state index in [9.17, 15) is 9.50 Å². The maximum atomic E-state index is 13.9. The zero-order valence-electron chi connectivity index (χ0n) is 16.9. The molecule has 4 heterocycles. The number of alkyl halides is 1. The molecular formula is C20H26FN7O. The van der Waals surface area contributed by atoms with E-state index in [2.05, 4.69) is 50.6 Å². The average molecular weight is 399 g/mol. The van der Waals surface area contributed by atoms with E-state index >= 15 is 0 Å². The molecule has 1 saturated heterocycles. The molecule has 0 amide bonds. The standard InChI is InChI=1S/C20H26FN7O/c1-4-19-24-14-10-23-18(9-15(14)28(19)12(2)3)25-17-5-7-22-20(26-17)27-8-6-16(29)13(21)11-27/h5,7,9-10,12-13,16,29H,4,6,8,11H2,1-3H3,(H,22,23,25,26)/t13-,16+/m0/s1. The van der Waals surface area contributed by atoms with Gasteiger partial charge in [0.25, 0.3) is 0 Å². The summed E-state index contributed by atoms with van der Waals surface area (Å²) in [5, 5.41) is 12.8. The van der Waals surface area contributed by atoms with Crippen LogP contribution in [0.15, 0.2) is 24.5 Å². The molecule has 0 aromatic carbocycles. The lowest BCUT2D eigenvalue weighted by Crippen LogP contribution is -2.45. The first-order valence-corrected chi connectivity index (χ1v) is 10.00. The van der Waals surface area contributed by atoms with Gasteiger partial charge >= 0.3 is 0 Å². The molecule has 0 spiro atoms. The van der Waals surface area contributed by atoms with Crippen LogP contribution in [0.3, 0.4) is 0 Å². The fourth-order valence-corrected chi connectivity index (χ4v) is 3.72. The second-order valence-electron chi connectivity index (χ2n) is 7.59. The Balaban J connectivity index is 1.59. The summed E-state index contributed by atoms with van der Waals surface area (Å²) in [5.41, 5.74) is 1.89. The Bertz CT molecular complexity index is 1010. The Morgan fingerprint density at radius 2 is 2.10 bits per heavy atom. The molecule has 9 heteroatoms. The number of hydrogen-bond acceptors (Lipinski definition) is 7. The molecule has 1 aliphatic heterocycles. The number of nitrogens with one attached hydrogen (secondary N) is 1. The number of piperidine rings is 1. The quantitative estimate of drug-likeness (QED) is 0.681. The molecule has 4 rings (SSSR count). The van der Waals surface area contributed by atoms with Crippen molar-refractivity contribution in [2.24, 2.45) is 0 Å². The minimum atomic E-state index is -1.29. The van der Waals surface area contributed by atoms with E-state index in [4.69, 9.17) is 0 Å². The molecule has 154 valence electrons. The number of aliphatic hydroxyl groups is 1. The molecule has 1 aliphatic rings. The SMILES string of the molecule is CCc1nc2cnc(Nc3ccnc(N4CC[C@@H](O)[C@@H](F)C4)n3)cc2n1C(C)C. The van der Waals surface area contributed by atoms with Crippen molar-refractivity contribution in [3.05, 3.63) is 30.4 Å². The minimum Gasteiger partial charge on any atom is -0.390 e. The van der Waals surface area contributed by atoms with Crippen LogP contribution in [0.25, 0.3) is 11.0 Å². The monoisotopic (exact) mass is 399 g/mol. The molecule has 0 radical (unpaired) electrons. The normalized spacial score (nSPS) is 19.9. The predicted molar refractivity (Wildman–Crippen MR) is 110 cm³/mol. The first kappa shape index (κ1) is 19.5. The van der Waals surface area contributed by atoms with E-state index in [1.807, 2.05) is 6.07 Å². The molecule has 29 heavy (non-hydrogen) atoms. The van der Waals surface area contributed by atoms with Gasteiger partial charge in [-0.2, -0.15) is 4.98 Å². The van der Waals surface area contributed by atoms with E-state index in [1.165, 1.54) is 0 Å². The number of anilines is 3. The maximum Gasteiger partial charge on any atom is 0.227 e. The van der Waals surface area contributed by atoms with E-state index in [-0.39, 0.29) is 6.54 Å². The Hall–Kier alpha value is -2.81. The molecule has 2 atom stereocenters. The van der Waals surface area contributed by atoms with Gasteiger partial charge in [0.1, 0.15) is 29.1 Å². The molecule has 1 fully saturated rings. The van der Waals surface area contributed by atoms with Crippen LogP contribution in [-0.2, 0) is 6.42 Å². The van der Waals surface area contributed by atoms with Gasteiger partial charge < -0.3 is 19.9 Å². The summed E-state index contributed by atoms with van der Waals surface area (Å²) < 4.78 is 16.1. The predicted octanol–water partition coefficient (Wildman–Crippen LogP) is 3.02. The van der Waals surface area contributed by atoms with Crippen molar-refractivity contribution in [2.45, 2.75) is 51.9 Å². The van der Waals surface area contributed by atoms with Crippen molar-refractivity contribution in [2.75, 3.05) is 23.3 Å². The summed E-state index contributed by atoms with van der Waals surface area (Å²) in [5.74, 6) is 2.70.